The number of anilines is 1. The highest BCUT2D eigenvalue weighted by Crippen LogP contribution is 2.42. The van der Waals surface area contributed by atoms with Gasteiger partial charge in [-0.25, -0.2) is 0 Å². The van der Waals surface area contributed by atoms with E-state index in [4.69, 9.17) is 4.74 Å². The van der Waals surface area contributed by atoms with Crippen LogP contribution in [0.5, 0.6) is 5.75 Å². The van der Waals surface area contributed by atoms with Gasteiger partial charge in [0.2, 0.25) is 0 Å². The van der Waals surface area contributed by atoms with Gasteiger partial charge >= 0.3 is 0 Å². The van der Waals surface area contributed by atoms with E-state index in [-0.39, 0.29) is 11.3 Å². The summed E-state index contributed by atoms with van der Waals surface area (Å²) < 4.78 is 5.69. The number of hydrogen-bond acceptors (Lipinski definition) is 4. The fourth-order valence-corrected chi connectivity index (χ4v) is 4.73. The smallest absolute Gasteiger partial charge is 0.300 e. The lowest BCUT2D eigenvalue weighted by Crippen LogP contribution is -2.29. The van der Waals surface area contributed by atoms with Gasteiger partial charge in [0.1, 0.15) is 11.5 Å². The molecule has 2 aliphatic rings. The largest absolute Gasteiger partial charge is 0.507 e. The number of rotatable bonds is 4. The maximum atomic E-state index is 13.3. The Morgan fingerprint density at radius 1 is 1.00 bits per heavy atom. The molecule has 1 amide bonds. The van der Waals surface area contributed by atoms with E-state index in [1.807, 2.05) is 66.7 Å². The Balaban J connectivity index is 1.65. The van der Waals surface area contributed by atoms with Gasteiger partial charge in [-0.1, -0.05) is 56.3 Å². The zero-order valence-corrected chi connectivity index (χ0v) is 19.3. The Labute approximate surface area is 199 Å². The van der Waals surface area contributed by atoms with Crippen molar-refractivity contribution < 1.29 is 19.4 Å². The van der Waals surface area contributed by atoms with Crippen LogP contribution in [0.3, 0.4) is 0 Å². The summed E-state index contributed by atoms with van der Waals surface area (Å²) in [5, 5.41) is 11.4. The van der Waals surface area contributed by atoms with Crippen molar-refractivity contribution >= 4 is 23.1 Å². The molecule has 0 bridgehead atoms. The molecule has 172 valence electrons. The Kier molecular flexibility index (Phi) is 5.70. The van der Waals surface area contributed by atoms with Gasteiger partial charge in [-0.3, -0.25) is 14.5 Å². The molecule has 1 saturated heterocycles. The standard InChI is InChI=1S/C29H27NO4/c1-18(2)19-10-13-23(14-11-19)30-26(20-7-4-3-5-8-20)25(28(32)29(30)33)27(31)22-12-15-24-21(17-22)9-6-16-34-24/h3-5,7-8,10-15,17-18,26,31H,6,9,16H2,1-2H3/b27-25-. The quantitative estimate of drug-likeness (QED) is 0.310. The lowest BCUT2D eigenvalue weighted by Gasteiger charge is -2.26. The molecule has 1 atom stereocenters. The average Bonchev–Trinajstić information content (AvgIpc) is 3.14. The second kappa shape index (κ2) is 8.82. The zero-order valence-electron chi connectivity index (χ0n) is 19.3. The van der Waals surface area contributed by atoms with E-state index in [0.29, 0.717) is 23.8 Å². The molecule has 0 aromatic heterocycles. The van der Waals surface area contributed by atoms with E-state index in [0.717, 1.165) is 35.3 Å². The molecule has 2 aliphatic heterocycles. The van der Waals surface area contributed by atoms with E-state index in [1.54, 1.807) is 6.07 Å². The minimum atomic E-state index is -0.724. The monoisotopic (exact) mass is 453 g/mol. The number of amides is 1. The SMILES string of the molecule is CC(C)c1ccc(N2C(=O)C(=O)/C(=C(\O)c3ccc4c(c3)CCCO4)C2c2ccccc2)cc1. The van der Waals surface area contributed by atoms with Gasteiger partial charge in [-0.2, -0.15) is 0 Å². The number of aryl methyl sites for hydroxylation is 1. The lowest BCUT2D eigenvalue weighted by atomic mass is 9.94. The van der Waals surface area contributed by atoms with Crippen LogP contribution < -0.4 is 9.64 Å². The van der Waals surface area contributed by atoms with Crippen molar-refractivity contribution in [2.45, 2.75) is 38.6 Å². The van der Waals surface area contributed by atoms with Gasteiger partial charge in [0.25, 0.3) is 11.7 Å². The number of carbonyl (C=O) groups excluding carboxylic acids is 2. The molecule has 0 aliphatic carbocycles. The van der Waals surface area contributed by atoms with Crippen LogP contribution in [0, 0.1) is 0 Å². The molecule has 3 aromatic rings. The van der Waals surface area contributed by atoms with Crippen molar-refractivity contribution in [1.29, 1.82) is 0 Å². The van der Waals surface area contributed by atoms with Crippen LogP contribution in [0.15, 0.2) is 78.4 Å². The van der Waals surface area contributed by atoms with Crippen LogP contribution in [-0.4, -0.2) is 23.4 Å². The Morgan fingerprint density at radius 3 is 2.44 bits per heavy atom. The molecule has 5 rings (SSSR count). The number of hydrogen-bond donors (Lipinski definition) is 1. The predicted molar refractivity (Wildman–Crippen MR) is 132 cm³/mol. The Morgan fingerprint density at radius 2 is 1.74 bits per heavy atom. The summed E-state index contributed by atoms with van der Waals surface area (Å²) in [7, 11) is 0. The molecule has 2 heterocycles. The molecular formula is C29H27NO4. The molecule has 34 heavy (non-hydrogen) atoms. The first-order valence-electron chi connectivity index (χ1n) is 11.7. The van der Waals surface area contributed by atoms with Gasteiger partial charge in [-0.15, -0.1) is 0 Å². The third-order valence-electron chi connectivity index (χ3n) is 6.58. The third kappa shape index (κ3) is 3.77. The summed E-state index contributed by atoms with van der Waals surface area (Å²) in [6.45, 7) is 4.89. The first-order chi connectivity index (χ1) is 16.5. The molecule has 1 fully saturated rings. The van der Waals surface area contributed by atoms with E-state index in [2.05, 4.69) is 13.8 Å². The average molecular weight is 454 g/mol. The number of ketones is 1. The van der Waals surface area contributed by atoms with E-state index in [1.165, 1.54) is 4.90 Å². The van der Waals surface area contributed by atoms with Crippen molar-refractivity contribution in [3.05, 3.63) is 101 Å². The van der Waals surface area contributed by atoms with E-state index < -0.39 is 17.7 Å². The first kappa shape index (κ1) is 22.0. The van der Waals surface area contributed by atoms with Crippen LogP contribution in [0.25, 0.3) is 5.76 Å². The van der Waals surface area contributed by atoms with Crippen molar-refractivity contribution in [3.8, 4) is 5.75 Å². The first-order valence-corrected chi connectivity index (χ1v) is 11.7. The second-order valence-electron chi connectivity index (χ2n) is 9.10. The fraction of sp³-hybridized carbons (Fsp3) is 0.241. The minimum absolute atomic E-state index is 0.0980. The molecular weight excluding hydrogens is 426 g/mol. The number of Topliss-reactive ketones (excluding diaryl/α,β-unsaturated/α-hetero) is 1. The summed E-state index contributed by atoms with van der Waals surface area (Å²) in [4.78, 5) is 28.1. The summed E-state index contributed by atoms with van der Waals surface area (Å²) in [6, 6.07) is 21.8. The normalized spacial score (nSPS) is 19.3. The van der Waals surface area contributed by atoms with Gasteiger partial charge in [0.05, 0.1) is 18.2 Å². The molecule has 1 unspecified atom stereocenters. The number of ether oxygens (including phenoxy) is 1. The highest BCUT2D eigenvalue weighted by molar-refractivity contribution is 6.51. The lowest BCUT2D eigenvalue weighted by molar-refractivity contribution is -0.132. The third-order valence-corrected chi connectivity index (χ3v) is 6.58. The molecule has 0 spiro atoms. The highest BCUT2D eigenvalue weighted by atomic mass is 16.5. The maximum absolute atomic E-state index is 13.3. The summed E-state index contributed by atoms with van der Waals surface area (Å²) in [5.41, 5.74) is 4.13. The minimum Gasteiger partial charge on any atom is -0.507 e. The second-order valence-corrected chi connectivity index (χ2v) is 9.10. The molecule has 5 nitrogen and oxygen atoms in total. The number of benzene rings is 3. The van der Waals surface area contributed by atoms with Gasteiger partial charge in [0, 0.05) is 11.3 Å². The van der Waals surface area contributed by atoms with Crippen LogP contribution in [0.2, 0.25) is 0 Å². The van der Waals surface area contributed by atoms with Crippen LogP contribution >= 0.6 is 0 Å². The number of carbonyl (C=O) groups is 2. The number of fused-ring (bicyclic) bond motifs is 1. The van der Waals surface area contributed by atoms with Gasteiger partial charge in [0.15, 0.2) is 0 Å². The van der Waals surface area contributed by atoms with Crippen LogP contribution in [0.1, 0.15) is 54.5 Å². The van der Waals surface area contributed by atoms with Crippen molar-refractivity contribution in [2.75, 3.05) is 11.5 Å². The maximum Gasteiger partial charge on any atom is 0.300 e. The molecule has 3 aromatic carbocycles. The number of aliphatic hydroxyl groups is 1. The molecule has 1 N–H and O–H groups in total. The Hall–Kier alpha value is -3.86. The van der Waals surface area contributed by atoms with Crippen LogP contribution in [0.4, 0.5) is 5.69 Å². The number of aliphatic hydroxyl groups excluding tert-OH is 1. The van der Waals surface area contributed by atoms with Crippen molar-refractivity contribution in [2.24, 2.45) is 0 Å². The molecule has 5 heteroatoms. The van der Waals surface area contributed by atoms with E-state index >= 15 is 0 Å². The van der Waals surface area contributed by atoms with Crippen molar-refractivity contribution in [3.63, 3.8) is 0 Å². The topological polar surface area (TPSA) is 66.8 Å². The Bertz CT molecular complexity index is 1280. The predicted octanol–water partition coefficient (Wildman–Crippen LogP) is 5.76. The summed E-state index contributed by atoms with van der Waals surface area (Å²) in [6.07, 6.45) is 1.74. The van der Waals surface area contributed by atoms with Crippen LogP contribution in [-0.2, 0) is 16.0 Å². The zero-order chi connectivity index (χ0) is 23.8. The van der Waals surface area contributed by atoms with E-state index in [9.17, 15) is 14.7 Å². The molecule has 0 radical (unpaired) electrons. The molecule has 0 saturated carbocycles. The highest BCUT2D eigenvalue weighted by Gasteiger charge is 2.47. The summed E-state index contributed by atoms with van der Waals surface area (Å²) >= 11 is 0. The fourth-order valence-electron chi connectivity index (χ4n) is 4.73. The van der Waals surface area contributed by atoms with Gasteiger partial charge < -0.3 is 9.84 Å². The summed E-state index contributed by atoms with van der Waals surface area (Å²) in [5.74, 6) is -0.348. The van der Waals surface area contributed by atoms with Crippen molar-refractivity contribution in [1.82, 2.24) is 0 Å². The number of nitrogens with zero attached hydrogens (tertiary/aromatic N) is 1. The van der Waals surface area contributed by atoms with Gasteiger partial charge in [-0.05, 0) is 65.8 Å².